The minimum atomic E-state index is -5.21. The van der Waals surface area contributed by atoms with Gasteiger partial charge < -0.3 is 14.8 Å². The van der Waals surface area contributed by atoms with Gasteiger partial charge in [-0.05, 0) is 48.0 Å². The van der Waals surface area contributed by atoms with Crippen molar-refractivity contribution in [2.24, 2.45) is 0 Å². The number of halogens is 6. The zero-order valence-corrected chi connectivity index (χ0v) is 21.3. The van der Waals surface area contributed by atoms with E-state index in [1.54, 1.807) is 5.32 Å². The Bertz CT molecular complexity index is 818. The molecule has 0 aromatic carbocycles. The Hall–Kier alpha value is -1.97. The number of ether oxygens (including phenoxy) is 2. The first-order valence-electron chi connectivity index (χ1n) is 10.3. The van der Waals surface area contributed by atoms with Crippen LogP contribution in [0.1, 0.15) is 54.4 Å². The second kappa shape index (κ2) is 11.8. The van der Waals surface area contributed by atoms with E-state index in [2.05, 4.69) is 0 Å². The highest BCUT2D eigenvalue weighted by Gasteiger charge is 2.48. The number of hydroxylamine groups is 2. The van der Waals surface area contributed by atoms with Gasteiger partial charge in [-0.15, -0.1) is 0 Å². The molecule has 0 radical (unpaired) electrons. The minimum Gasteiger partial charge on any atom is -0.444 e. The van der Waals surface area contributed by atoms with Crippen molar-refractivity contribution in [2.45, 2.75) is 90.0 Å². The minimum absolute atomic E-state index is 0.322. The van der Waals surface area contributed by atoms with Crippen molar-refractivity contribution in [3.8, 4) is 0 Å². The highest BCUT2D eigenvalue weighted by Crippen LogP contribution is 2.30. The first kappa shape index (κ1) is 33.0. The van der Waals surface area contributed by atoms with Gasteiger partial charge in [-0.2, -0.15) is 31.4 Å². The molecule has 2 unspecified atom stereocenters. The summed E-state index contributed by atoms with van der Waals surface area (Å²) in [5.41, 5.74) is -2.43. The second-order valence-corrected chi connectivity index (χ2v) is 11.9. The zero-order valence-electron chi connectivity index (χ0n) is 20.5. The van der Waals surface area contributed by atoms with Crippen molar-refractivity contribution in [2.75, 3.05) is 18.6 Å². The molecule has 16 heteroatoms. The van der Waals surface area contributed by atoms with Crippen molar-refractivity contribution < 1.29 is 58.7 Å². The lowest BCUT2D eigenvalue weighted by atomic mass is 10.2. The molecule has 9 nitrogen and oxygen atoms in total. The average molecular weight is 547 g/mol. The molecule has 0 saturated heterocycles. The number of sulfone groups is 1. The van der Waals surface area contributed by atoms with E-state index in [0.29, 0.717) is 6.26 Å². The van der Waals surface area contributed by atoms with E-state index in [0.717, 1.165) is 0 Å². The predicted molar refractivity (Wildman–Crippen MR) is 112 cm³/mol. The Kier molecular flexibility index (Phi) is 11.2. The summed E-state index contributed by atoms with van der Waals surface area (Å²) in [5.74, 6) is -0.995. The lowest BCUT2D eigenvalue weighted by molar-refractivity contribution is -0.262. The van der Waals surface area contributed by atoms with E-state index in [1.807, 2.05) is 0 Å². The molecule has 0 aliphatic heterocycles. The Labute approximate surface area is 200 Å². The third-order valence-electron chi connectivity index (χ3n) is 3.72. The standard InChI is InChI=1S/C19H32F6N2O7S/c1-16(2,3)33-14(28)26-12(18(20,21)22)8-10-32-27(15(29)34-17(4,5)6)13(19(23,24)25)9-11-35(7,30)31/h12-13H,8-11H2,1-7H3,(H,26,28). The highest BCUT2D eigenvalue weighted by atomic mass is 32.2. The van der Waals surface area contributed by atoms with Gasteiger partial charge in [-0.25, -0.2) is 18.0 Å². The molecule has 0 aromatic rings. The van der Waals surface area contributed by atoms with Crippen molar-refractivity contribution in [3.05, 3.63) is 0 Å². The molecule has 0 fully saturated rings. The van der Waals surface area contributed by atoms with Crippen LogP contribution in [0, 0.1) is 0 Å². The summed E-state index contributed by atoms with van der Waals surface area (Å²) in [5, 5.41) is 1.23. The van der Waals surface area contributed by atoms with Crippen LogP contribution >= 0.6 is 0 Å². The fraction of sp³-hybridized carbons (Fsp3) is 0.895. The Balaban J connectivity index is 5.76. The van der Waals surface area contributed by atoms with Gasteiger partial charge in [-0.3, -0.25) is 4.84 Å². The fourth-order valence-electron chi connectivity index (χ4n) is 2.35. The number of amides is 2. The molecular formula is C19H32F6N2O7S. The SMILES string of the molecule is CC(C)(C)OC(=O)NC(CCON(C(=O)OC(C)(C)C)C(CCS(C)(=O)=O)C(F)(F)F)C(F)(F)F. The number of rotatable bonds is 9. The molecule has 0 bridgehead atoms. The monoisotopic (exact) mass is 546 g/mol. The van der Waals surface area contributed by atoms with Gasteiger partial charge in [0.05, 0.1) is 12.4 Å². The maximum Gasteiger partial charge on any atom is 0.435 e. The molecule has 1 N–H and O–H groups in total. The molecule has 0 rings (SSSR count). The molecule has 0 heterocycles. The number of alkyl halides is 6. The van der Waals surface area contributed by atoms with E-state index in [4.69, 9.17) is 14.3 Å². The van der Waals surface area contributed by atoms with Crippen molar-refractivity contribution >= 4 is 22.0 Å². The van der Waals surface area contributed by atoms with Crippen LogP contribution in [-0.2, 0) is 24.1 Å². The van der Waals surface area contributed by atoms with Gasteiger partial charge in [0, 0.05) is 12.7 Å². The summed E-state index contributed by atoms with van der Waals surface area (Å²) in [6.07, 6.45) is -14.9. The molecule has 35 heavy (non-hydrogen) atoms. The number of alkyl carbamates (subject to hydrolysis) is 1. The lowest BCUT2D eigenvalue weighted by Gasteiger charge is -2.33. The van der Waals surface area contributed by atoms with E-state index in [1.165, 1.54) is 41.5 Å². The number of hydrogen-bond acceptors (Lipinski definition) is 7. The third kappa shape index (κ3) is 14.9. The number of nitrogens with one attached hydrogen (secondary N) is 1. The smallest absolute Gasteiger partial charge is 0.435 e. The van der Waals surface area contributed by atoms with Crippen LogP contribution in [0.3, 0.4) is 0 Å². The molecule has 2 atom stereocenters. The molecule has 208 valence electrons. The van der Waals surface area contributed by atoms with Crippen LogP contribution in [0.5, 0.6) is 0 Å². The van der Waals surface area contributed by atoms with Crippen LogP contribution in [-0.4, -0.2) is 79.9 Å². The summed E-state index contributed by atoms with van der Waals surface area (Å²) < 4.78 is 113. The van der Waals surface area contributed by atoms with Crippen LogP contribution in [0.25, 0.3) is 0 Å². The van der Waals surface area contributed by atoms with E-state index in [-0.39, 0.29) is 5.06 Å². The van der Waals surface area contributed by atoms with E-state index in [9.17, 15) is 44.3 Å². The number of nitrogens with zero attached hydrogens (tertiary/aromatic N) is 1. The normalized spacial score (nSPS) is 15.2. The van der Waals surface area contributed by atoms with Crippen molar-refractivity contribution in [1.29, 1.82) is 0 Å². The molecule has 0 spiro atoms. The molecule has 2 amide bonds. The Morgan fingerprint density at radius 3 is 1.71 bits per heavy atom. The molecular weight excluding hydrogens is 514 g/mol. The summed E-state index contributed by atoms with van der Waals surface area (Å²) in [6.45, 7) is 7.08. The summed E-state index contributed by atoms with van der Waals surface area (Å²) in [4.78, 5) is 28.9. The fourth-order valence-corrected chi connectivity index (χ4v) is 3.00. The predicted octanol–water partition coefficient (Wildman–Crippen LogP) is 4.37. The topological polar surface area (TPSA) is 111 Å². The van der Waals surface area contributed by atoms with Gasteiger partial charge in [-0.1, -0.05) is 0 Å². The lowest BCUT2D eigenvalue weighted by Crippen LogP contribution is -2.52. The quantitative estimate of drug-likeness (QED) is 0.338. The van der Waals surface area contributed by atoms with Crippen molar-refractivity contribution in [1.82, 2.24) is 10.4 Å². The number of carbonyl (C=O) groups excluding carboxylic acids is 2. The summed E-state index contributed by atoms with van der Waals surface area (Å²) in [7, 11) is -3.90. The first-order valence-corrected chi connectivity index (χ1v) is 12.3. The average Bonchev–Trinajstić information content (AvgIpc) is 2.52. The molecule has 0 aromatic heterocycles. The van der Waals surface area contributed by atoms with Crippen molar-refractivity contribution in [3.63, 3.8) is 0 Å². The molecule has 0 aliphatic carbocycles. The van der Waals surface area contributed by atoms with E-state index < -0.39 is 82.9 Å². The van der Waals surface area contributed by atoms with E-state index >= 15 is 0 Å². The second-order valence-electron chi connectivity index (χ2n) is 9.64. The largest absolute Gasteiger partial charge is 0.444 e. The molecule has 0 aliphatic rings. The van der Waals surface area contributed by atoms with Crippen LogP contribution in [0.2, 0.25) is 0 Å². The Morgan fingerprint density at radius 2 is 1.34 bits per heavy atom. The van der Waals surface area contributed by atoms with Crippen LogP contribution < -0.4 is 5.32 Å². The summed E-state index contributed by atoms with van der Waals surface area (Å²) in [6, 6.07) is -5.42. The van der Waals surface area contributed by atoms with Crippen LogP contribution in [0.15, 0.2) is 0 Å². The van der Waals surface area contributed by atoms with Crippen LogP contribution in [0.4, 0.5) is 35.9 Å². The zero-order chi connectivity index (χ0) is 28.0. The number of hydrogen-bond donors (Lipinski definition) is 1. The van der Waals surface area contributed by atoms with Gasteiger partial charge >= 0.3 is 24.5 Å². The van der Waals surface area contributed by atoms with Gasteiger partial charge in [0.15, 0.2) is 6.04 Å². The highest BCUT2D eigenvalue weighted by molar-refractivity contribution is 7.90. The van der Waals surface area contributed by atoms with Gasteiger partial charge in [0.1, 0.15) is 27.1 Å². The molecule has 0 saturated carbocycles. The number of carbonyl (C=O) groups is 2. The van der Waals surface area contributed by atoms with Gasteiger partial charge in [0.2, 0.25) is 0 Å². The third-order valence-corrected chi connectivity index (χ3v) is 4.70. The van der Waals surface area contributed by atoms with Gasteiger partial charge in [0.25, 0.3) is 0 Å². The maximum atomic E-state index is 13.7. The Morgan fingerprint density at radius 1 is 0.857 bits per heavy atom. The maximum absolute atomic E-state index is 13.7. The summed E-state index contributed by atoms with van der Waals surface area (Å²) >= 11 is 0. The first-order chi connectivity index (χ1) is 15.3.